The molecule has 92 valence electrons. The van der Waals surface area contributed by atoms with Crippen molar-refractivity contribution in [3.05, 3.63) is 59.2 Å². The van der Waals surface area contributed by atoms with Gasteiger partial charge in [-0.1, -0.05) is 37.3 Å². The van der Waals surface area contributed by atoms with E-state index in [1.807, 2.05) is 6.07 Å². The zero-order chi connectivity index (χ0) is 12.7. The van der Waals surface area contributed by atoms with Gasteiger partial charge in [0.15, 0.2) is 11.5 Å². The van der Waals surface area contributed by atoms with Gasteiger partial charge < -0.3 is 10.2 Å². The molecule has 2 atom stereocenters. The van der Waals surface area contributed by atoms with Crippen LogP contribution in [0.15, 0.2) is 42.5 Å². The van der Waals surface area contributed by atoms with Crippen molar-refractivity contribution < 1.29 is 10.2 Å². The molecular formula is C16H16O2. The predicted molar refractivity (Wildman–Crippen MR) is 71.1 cm³/mol. The maximum absolute atomic E-state index is 9.62. The minimum Gasteiger partial charge on any atom is -0.504 e. The lowest BCUT2D eigenvalue weighted by molar-refractivity contribution is 0.403. The fraction of sp³-hybridized carbons (Fsp3) is 0.250. The number of hydrogen-bond donors (Lipinski definition) is 2. The Hall–Kier alpha value is -1.96. The van der Waals surface area contributed by atoms with Gasteiger partial charge in [-0.05, 0) is 41.2 Å². The van der Waals surface area contributed by atoms with Gasteiger partial charge in [0, 0.05) is 5.92 Å². The molecule has 3 rings (SSSR count). The van der Waals surface area contributed by atoms with Crippen LogP contribution in [0.1, 0.15) is 41.9 Å². The smallest absolute Gasteiger partial charge is 0.157 e. The highest BCUT2D eigenvalue weighted by atomic mass is 16.3. The lowest BCUT2D eigenvalue weighted by Crippen LogP contribution is -1.95. The summed E-state index contributed by atoms with van der Waals surface area (Å²) in [6.07, 6.45) is 1.06. The highest BCUT2D eigenvalue weighted by Crippen LogP contribution is 2.45. The number of fused-ring (bicyclic) bond motifs is 1. The van der Waals surface area contributed by atoms with Crippen LogP contribution in [0.4, 0.5) is 0 Å². The summed E-state index contributed by atoms with van der Waals surface area (Å²) < 4.78 is 0. The molecule has 0 saturated heterocycles. The Labute approximate surface area is 107 Å². The third-order valence-corrected chi connectivity index (χ3v) is 3.89. The second-order valence-corrected chi connectivity index (χ2v) is 5.07. The summed E-state index contributed by atoms with van der Waals surface area (Å²) in [6, 6.07) is 13.6. The van der Waals surface area contributed by atoms with E-state index in [1.165, 1.54) is 11.1 Å². The van der Waals surface area contributed by atoms with E-state index in [9.17, 15) is 10.2 Å². The van der Waals surface area contributed by atoms with Crippen molar-refractivity contribution in [3.63, 3.8) is 0 Å². The first-order valence-electron chi connectivity index (χ1n) is 6.27. The molecule has 1 aliphatic carbocycles. The van der Waals surface area contributed by atoms with Crippen molar-refractivity contribution in [2.75, 3.05) is 0 Å². The SMILES string of the molecule is CC1CC(c2ccc(O)c(O)c2)c2ccccc21. The predicted octanol–water partition coefficient (Wildman–Crippen LogP) is 3.74. The minimum absolute atomic E-state index is 0.0375. The Morgan fingerprint density at radius 1 is 0.944 bits per heavy atom. The van der Waals surface area contributed by atoms with Crippen LogP contribution in [0.5, 0.6) is 11.5 Å². The fourth-order valence-electron chi connectivity index (χ4n) is 2.96. The van der Waals surface area contributed by atoms with E-state index < -0.39 is 0 Å². The van der Waals surface area contributed by atoms with Crippen LogP contribution in [0.2, 0.25) is 0 Å². The Bertz CT molecular complexity index is 589. The molecular weight excluding hydrogens is 224 g/mol. The standard InChI is InChI=1S/C16H16O2/c1-10-8-14(13-5-3-2-4-12(10)13)11-6-7-15(17)16(18)9-11/h2-7,9-10,14,17-18H,8H2,1H3. The zero-order valence-electron chi connectivity index (χ0n) is 10.3. The van der Waals surface area contributed by atoms with Gasteiger partial charge in [0.25, 0.3) is 0 Å². The summed E-state index contributed by atoms with van der Waals surface area (Å²) in [6.45, 7) is 2.24. The van der Waals surface area contributed by atoms with E-state index in [-0.39, 0.29) is 11.5 Å². The summed E-state index contributed by atoms with van der Waals surface area (Å²) in [4.78, 5) is 0. The molecule has 0 spiro atoms. The van der Waals surface area contributed by atoms with Crippen LogP contribution >= 0.6 is 0 Å². The van der Waals surface area contributed by atoms with Crippen LogP contribution in [-0.2, 0) is 0 Å². The number of aromatic hydroxyl groups is 2. The molecule has 1 aliphatic rings. The lowest BCUT2D eigenvalue weighted by atomic mass is 9.92. The van der Waals surface area contributed by atoms with Crippen molar-refractivity contribution in [3.8, 4) is 11.5 Å². The molecule has 18 heavy (non-hydrogen) atoms. The van der Waals surface area contributed by atoms with Crippen molar-refractivity contribution in [1.29, 1.82) is 0 Å². The first-order chi connectivity index (χ1) is 8.66. The topological polar surface area (TPSA) is 40.5 Å². The van der Waals surface area contributed by atoms with Crippen LogP contribution in [0, 0.1) is 0 Å². The minimum atomic E-state index is -0.0573. The van der Waals surface area contributed by atoms with Crippen LogP contribution in [0.3, 0.4) is 0 Å². The number of phenolic OH excluding ortho intramolecular Hbond substituents is 2. The van der Waals surface area contributed by atoms with Gasteiger partial charge in [0.1, 0.15) is 0 Å². The summed E-state index contributed by atoms with van der Waals surface area (Å²) >= 11 is 0. The molecule has 2 nitrogen and oxygen atoms in total. The van der Waals surface area contributed by atoms with Gasteiger partial charge in [0.05, 0.1) is 0 Å². The molecule has 0 bridgehead atoms. The molecule has 0 fully saturated rings. The van der Waals surface area contributed by atoms with Crippen LogP contribution in [0.25, 0.3) is 0 Å². The molecule has 0 saturated carbocycles. The third-order valence-electron chi connectivity index (χ3n) is 3.89. The van der Waals surface area contributed by atoms with Gasteiger partial charge in [-0.2, -0.15) is 0 Å². The average molecular weight is 240 g/mol. The number of benzene rings is 2. The number of hydrogen-bond acceptors (Lipinski definition) is 2. The van der Waals surface area contributed by atoms with Crippen molar-refractivity contribution >= 4 is 0 Å². The maximum atomic E-state index is 9.62. The zero-order valence-corrected chi connectivity index (χ0v) is 10.3. The highest BCUT2D eigenvalue weighted by molar-refractivity contribution is 5.48. The largest absolute Gasteiger partial charge is 0.504 e. The molecule has 2 heteroatoms. The molecule has 2 aromatic rings. The molecule has 2 aromatic carbocycles. The normalized spacial score (nSPS) is 21.8. The van der Waals surface area contributed by atoms with Gasteiger partial charge in [0.2, 0.25) is 0 Å². The second-order valence-electron chi connectivity index (χ2n) is 5.07. The van der Waals surface area contributed by atoms with E-state index in [2.05, 4.69) is 31.2 Å². The second kappa shape index (κ2) is 4.05. The van der Waals surface area contributed by atoms with Gasteiger partial charge in [-0.3, -0.25) is 0 Å². The third kappa shape index (κ3) is 1.65. The Morgan fingerprint density at radius 2 is 1.67 bits per heavy atom. The van der Waals surface area contributed by atoms with Gasteiger partial charge in [-0.15, -0.1) is 0 Å². The van der Waals surface area contributed by atoms with Crippen molar-refractivity contribution in [2.45, 2.75) is 25.2 Å². The molecule has 0 radical (unpaired) electrons. The number of phenols is 2. The maximum Gasteiger partial charge on any atom is 0.157 e. The van der Waals surface area contributed by atoms with Crippen LogP contribution in [-0.4, -0.2) is 10.2 Å². The van der Waals surface area contributed by atoms with Gasteiger partial charge in [-0.25, -0.2) is 0 Å². The molecule has 0 aliphatic heterocycles. The summed E-state index contributed by atoms with van der Waals surface area (Å²) in [5.41, 5.74) is 3.81. The fourth-order valence-corrected chi connectivity index (χ4v) is 2.96. The summed E-state index contributed by atoms with van der Waals surface area (Å²) in [5.74, 6) is 0.771. The highest BCUT2D eigenvalue weighted by Gasteiger charge is 2.29. The van der Waals surface area contributed by atoms with E-state index in [0.717, 1.165) is 12.0 Å². The Balaban J connectivity index is 2.06. The average Bonchev–Trinajstić information content (AvgIpc) is 2.71. The van der Waals surface area contributed by atoms with Crippen LogP contribution < -0.4 is 0 Å². The van der Waals surface area contributed by atoms with E-state index >= 15 is 0 Å². The molecule has 0 aromatic heterocycles. The Morgan fingerprint density at radius 3 is 2.39 bits per heavy atom. The molecule has 2 N–H and O–H groups in total. The first-order valence-corrected chi connectivity index (χ1v) is 6.27. The van der Waals surface area contributed by atoms with E-state index in [0.29, 0.717) is 11.8 Å². The van der Waals surface area contributed by atoms with Crippen molar-refractivity contribution in [2.24, 2.45) is 0 Å². The monoisotopic (exact) mass is 240 g/mol. The molecule has 0 amide bonds. The van der Waals surface area contributed by atoms with E-state index in [4.69, 9.17) is 0 Å². The Kier molecular flexibility index (Phi) is 2.51. The van der Waals surface area contributed by atoms with Crippen molar-refractivity contribution in [1.82, 2.24) is 0 Å². The first kappa shape index (κ1) is 11.1. The lowest BCUT2D eigenvalue weighted by Gasteiger charge is -2.13. The van der Waals surface area contributed by atoms with Gasteiger partial charge >= 0.3 is 0 Å². The summed E-state index contributed by atoms with van der Waals surface area (Å²) in [5, 5.41) is 19.0. The molecule has 2 unspecified atom stereocenters. The molecule has 0 heterocycles. The number of rotatable bonds is 1. The quantitative estimate of drug-likeness (QED) is 0.745. The summed E-state index contributed by atoms with van der Waals surface area (Å²) in [7, 11) is 0. The van der Waals surface area contributed by atoms with E-state index in [1.54, 1.807) is 12.1 Å².